The predicted octanol–water partition coefficient (Wildman–Crippen LogP) is 2.03. The third kappa shape index (κ3) is 1.88. The molecule has 0 spiro atoms. The summed E-state index contributed by atoms with van der Waals surface area (Å²) in [7, 11) is 0. The molecular weight excluding hydrogens is 347 g/mol. The quantitative estimate of drug-likeness (QED) is 0.739. The number of hydrogen-bond donors (Lipinski definition) is 0. The minimum atomic E-state index is 0.956. The van der Waals surface area contributed by atoms with Crippen molar-refractivity contribution in [2.75, 3.05) is 0 Å². The maximum absolute atomic E-state index is 3.79. The Labute approximate surface area is 96.6 Å². The van der Waals surface area contributed by atoms with E-state index >= 15 is 0 Å². The molecule has 0 saturated carbocycles. The monoisotopic (exact) mass is 350 g/mol. The molecule has 0 aliphatic carbocycles. The molecule has 2 aromatic rings. The summed E-state index contributed by atoms with van der Waals surface area (Å²) in [5.41, 5.74) is 0.956. The van der Waals surface area contributed by atoms with Crippen molar-refractivity contribution in [2.24, 2.45) is 0 Å². The number of hydrogen-bond acceptors (Lipinski definition) is 3. The van der Waals surface area contributed by atoms with E-state index in [9.17, 15) is 0 Å². The number of rotatable bonds is 1. The Morgan fingerprint density at radius 1 is 1.38 bits per heavy atom. The molecule has 1 heterocycles. The van der Waals surface area contributed by atoms with E-state index in [1.54, 1.807) is 11.0 Å². The van der Waals surface area contributed by atoms with E-state index < -0.39 is 0 Å². The average Bonchev–Trinajstić information content (AvgIpc) is 2.62. The van der Waals surface area contributed by atoms with Crippen LogP contribution < -0.4 is 0 Å². The smallest absolute Gasteiger partial charge is 0.143 e. The van der Waals surface area contributed by atoms with Gasteiger partial charge in [0, 0.05) is 8.04 Å². The van der Waals surface area contributed by atoms with E-state index in [1.807, 2.05) is 18.2 Å². The lowest BCUT2D eigenvalue weighted by atomic mass is 10.3. The summed E-state index contributed by atoms with van der Waals surface area (Å²) in [5.74, 6) is 0. The van der Waals surface area contributed by atoms with Gasteiger partial charge < -0.3 is 0 Å². The zero-order chi connectivity index (χ0) is 9.26. The first kappa shape index (κ1) is 9.07. The van der Waals surface area contributed by atoms with Crippen LogP contribution in [0.1, 0.15) is 0 Å². The molecule has 0 N–H and O–H groups in total. The first-order valence-corrected chi connectivity index (χ1v) is 5.33. The SMILES string of the molecule is Brc1ccc(-n2cnnn2)cc1I. The Hall–Kier alpha value is -0.500. The Bertz CT molecular complexity index is 414. The molecule has 0 amide bonds. The van der Waals surface area contributed by atoms with E-state index in [0.717, 1.165) is 13.7 Å². The van der Waals surface area contributed by atoms with E-state index in [4.69, 9.17) is 0 Å². The van der Waals surface area contributed by atoms with Crippen LogP contribution in [-0.4, -0.2) is 20.2 Å². The van der Waals surface area contributed by atoms with Gasteiger partial charge in [-0.05, 0) is 67.1 Å². The average molecular weight is 351 g/mol. The fourth-order valence-electron chi connectivity index (χ4n) is 0.907. The molecule has 0 aliphatic rings. The Morgan fingerprint density at radius 2 is 2.23 bits per heavy atom. The van der Waals surface area contributed by atoms with Crippen LogP contribution in [0.25, 0.3) is 5.69 Å². The molecule has 2 rings (SSSR count). The van der Waals surface area contributed by atoms with Crippen molar-refractivity contribution in [1.82, 2.24) is 20.2 Å². The van der Waals surface area contributed by atoms with Crippen LogP contribution in [0.5, 0.6) is 0 Å². The lowest BCUT2D eigenvalue weighted by Crippen LogP contribution is -1.95. The van der Waals surface area contributed by atoms with Gasteiger partial charge in [0.15, 0.2) is 0 Å². The highest BCUT2D eigenvalue weighted by Gasteiger charge is 2.00. The van der Waals surface area contributed by atoms with E-state index in [1.165, 1.54) is 0 Å². The van der Waals surface area contributed by atoms with Crippen LogP contribution in [0.3, 0.4) is 0 Å². The molecule has 1 aromatic carbocycles. The van der Waals surface area contributed by atoms with E-state index in [-0.39, 0.29) is 0 Å². The third-order valence-corrected chi connectivity index (χ3v) is 3.84. The second-order valence-corrected chi connectivity index (χ2v) is 4.37. The number of nitrogens with zero attached hydrogens (tertiary/aromatic N) is 4. The summed E-state index contributed by atoms with van der Waals surface area (Å²) >= 11 is 5.67. The second-order valence-electron chi connectivity index (χ2n) is 2.35. The Morgan fingerprint density at radius 3 is 2.85 bits per heavy atom. The van der Waals surface area contributed by atoms with Gasteiger partial charge in [-0.25, -0.2) is 4.68 Å². The van der Waals surface area contributed by atoms with Gasteiger partial charge in [-0.3, -0.25) is 0 Å². The van der Waals surface area contributed by atoms with Gasteiger partial charge in [0.25, 0.3) is 0 Å². The van der Waals surface area contributed by atoms with Gasteiger partial charge in [0.05, 0.1) is 5.69 Å². The zero-order valence-electron chi connectivity index (χ0n) is 6.35. The zero-order valence-corrected chi connectivity index (χ0v) is 10.1. The largest absolute Gasteiger partial charge is 0.201 e. The first-order valence-electron chi connectivity index (χ1n) is 3.46. The summed E-state index contributed by atoms with van der Waals surface area (Å²) in [5, 5.41) is 10.9. The molecule has 0 unspecified atom stereocenters. The number of aromatic nitrogens is 4. The van der Waals surface area contributed by atoms with Crippen LogP contribution in [0.15, 0.2) is 29.0 Å². The lowest BCUT2D eigenvalue weighted by molar-refractivity contribution is 0.788. The highest BCUT2D eigenvalue weighted by atomic mass is 127. The number of benzene rings is 1. The topological polar surface area (TPSA) is 43.6 Å². The molecule has 6 heteroatoms. The molecule has 0 saturated heterocycles. The van der Waals surface area contributed by atoms with Crippen molar-refractivity contribution < 1.29 is 0 Å². The summed E-state index contributed by atoms with van der Waals surface area (Å²) in [6, 6.07) is 5.92. The second kappa shape index (κ2) is 3.70. The van der Waals surface area contributed by atoms with Crippen LogP contribution in [0.4, 0.5) is 0 Å². The lowest BCUT2D eigenvalue weighted by Gasteiger charge is -2.00. The molecule has 1 aromatic heterocycles. The standard InChI is InChI=1S/C7H4BrIN4/c8-6-2-1-5(3-7(6)9)13-4-10-11-12-13/h1-4H. The summed E-state index contributed by atoms with van der Waals surface area (Å²) < 4.78 is 3.82. The van der Waals surface area contributed by atoms with Crippen molar-refractivity contribution in [3.05, 3.63) is 32.6 Å². The molecular formula is C7H4BrIN4. The molecule has 0 radical (unpaired) electrons. The van der Waals surface area contributed by atoms with Crippen LogP contribution in [0, 0.1) is 3.57 Å². The van der Waals surface area contributed by atoms with Gasteiger partial charge >= 0.3 is 0 Å². The fourth-order valence-corrected chi connectivity index (χ4v) is 1.65. The summed E-state index contributed by atoms with van der Waals surface area (Å²) in [6.45, 7) is 0. The molecule has 66 valence electrons. The van der Waals surface area contributed by atoms with Crippen molar-refractivity contribution in [3.63, 3.8) is 0 Å². The van der Waals surface area contributed by atoms with Crippen molar-refractivity contribution in [3.8, 4) is 5.69 Å². The predicted molar refractivity (Wildman–Crippen MR) is 59.6 cm³/mol. The van der Waals surface area contributed by atoms with Gasteiger partial charge in [-0.2, -0.15) is 0 Å². The van der Waals surface area contributed by atoms with Crippen LogP contribution in [0.2, 0.25) is 0 Å². The highest BCUT2D eigenvalue weighted by Crippen LogP contribution is 2.21. The maximum Gasteiger partial charge on any atom is 0.143 e. The van der Waals surface area contributed by atoms with Crippen molar-refractivity contribution in [2.45, 2.75) is 0 Å². The minimum absolute atomic E-state index is 0.956. The van der Waals surface area contributed by atoms with Crippen LogP contribution in [-0.2, 0) is 0 Å². The Balaban J connectivity index is 2.49. The van der Waals surface area contributed by atoms with Gasteiger partial charge in [0.1, 0.15) is 6.33 Å². The van der Waals surface area contributed by atoms with Gasteiger partial charge in [-0.15, -0.1) is 5.10 Å². The number of tetrazole rings is 1. The van der Waals surface area contributed by atoms with Crippen molar-refractivity contribution >= 4 is 38.5 Å². The molecule has 13 heavy (non-hydrogen) atoms. The van der Waals surface area contributed by atoms with E-state index in [0.29, 0.717) is 0 Å². The number of halogens is 2. The summed E-state index contributed by atoms with van der Waals surface area (Å²) in [6.07, 6.45) is 1.57. The first-order chi connectivity index (χ1) is 6.27. The van der Waals surface area contributed by atoms with Crippen molar-refractivity contribution in [1.29, 1.82) is 0 Å². The Kier molecular flexibility index (Phi) is 2.58. The molecule has 0 aliphatic heterocycles. The molecule has 0 bridgehead atoms. The molecule has 0 atom stereocenters. The fraction of sp³-hybridized carbons (Fsp3) is 0. The van der Waals surface area contributed by atoms with Crippen LogP contribution >= 0.6 is 38.5 Å². The van der Waals surface area contributed by atoms with Gasteiger partial charge in [0.2, 0.25) is 0 Å². The normalized spacial score (nSPS) is 10.3. The summed E-state index contributed by atoms with van der Waals surface area (Å²) in [4.78, 5) is 0. The molecule has 4 nitrogen and oxygen atoms in total. The third-order valence-electron chi connectivity index (χ3n) is 1.52. The maximum atomic E-state index is 3.79. The van der Waals surface area contributed by atoms with Gasteiger partial charge in [-0.1, -0.05) is 0 Å². The van der Waals surface area contributed by atoms with E-state index in [2.05, 4.69) is 54.0 Å². The highest BCUT2D eigenvalue weighted by molar-refractivity contribution is 14.1. The minimum Gasteiger partial charge on any atom is -0.201 e. The molecule has 0 fully saturated rings.